The molecule has 1 atom stereocenters. The predicted molar refractivity (Wildman–Crippen MR) is 99.6 cm³/mol. The Morgan fingerprint density at radius 3 is 2.00 bits per heavy atom. The van der Waals surface area contributed by atoms with Crippen molar-refractivity contribution in [2.75, 3.05) is 14.2 Å². The Morgan fingerprint density at radius 2 is 1.56 bits per heavy atom. The van der Waals surface area contributed by atoms with Gasteiger partial charge in [0.05, 0.1) is 25.5 Å². The number of benzene rings is 1. The molecule has 2 rings (SSSR count). The van der Waals surface area contributed by atoms with Gasteiger partial charge in [0.2, 0.25) is 0 Å². The number of ether oxygens (including phenoxy) is 2. The lowest BCUT2D eigenvalue weighted by molar-refractivity contribution is 0.122. The third kappa shape index (κ3) is 4.21. The minimum atomic E-state index is -3.90. The Kier molecular flexibility index (Phi) is 6.95. The summed E-state index contributed by atoms with van der Waals surface area (Å²) in [5.41, 5.74) is 0.732. The summed E-state index contributed by atoms with van der Waals surface area (Å²) < 4.78 is 30.0. The first-order chi connectivity index (χ1) is 11.9. The Labute approximate surface area is 151 Å². The number of hydrogen-bond donors (Lipinski definition) is 1. The van der Waals surface area contributed by atoms with Gasteiger partial charge in [0.25, 0.3) is 0 Å². The van der Waals surface area contributed by atoms with E-state index in [2.05, 4.69) is 0 Å². The van der Waals surface area contributed by atoms with E-state index in [1.165, 1.54) is 6.42 Å². The van der Waals surface area contributed by atoms with Crippen LogP contribution >= 0.6 is 7.60 Å². The maximum Gasteiger partial charge on any atom is 0.338 e. The van der Waals surface area contributed by atoms with Gasteiger partial charge in [-0.3, -0.25) is 4.57 Å². The molecule has 0 saturated heterocycles. The maximum atomic E-state index is 13.4. The van der Waals surface area contributed by atoms with E-state index in [1.54, 1.807) is 20.3 Å². The third-order valence-electron chi connectivity index (χ3n) is 5.44. The number of hydrogen-bond acceptors (Lipinski definition) is 4. The summed E-state index contributed by atoms with van der Waals surface area (Å²) in [4.78, 5) is 11.0. The first-order valence-electron chi connectivity index (χ1n) is 9.17. The van der Waals surface area contributed by atoms with Crippen molar-refractivity contribution in [2.24, 2.45) is 0 Å². The van der Waals surface area contributed by atoms with Crippen LogP contribution in [-0.4, -0.2) is 25.2 Å². The molecule has 25 heavy (non-hydrogen) atoms. The van der Waals surface area contributed by atoms with Crippen molar-refractivity contribution >= 4 is 7.60 Å². The molecule has 0 aliphatic heterocycles. The molecule has 0 heterocycles. The molecular formula is C19H31O5P. The quantitative estimate of drug-likeness (QED) is 0.633. The van der Waals surface area contributed by atoms with Gasteiger partial charge in [-0.25, -0.2) is 0 Å². The van der Waals surface area contributed by atoms with Gasteiger partial charge in [0, 0.05) is 6.07 Å². The van der Waals surface area contributed by atoms with Gasteiger partial charge in [-0.2, -0.15) is 0 Å². The summed E-state index contributed by atoms with van der Waals surface area (Å²) in [6.07, 6.45) is 5.88. The van der Waals surface area contributed by atoms with Crippen molar-refractivity contribution in [3.05, 3.63) is 23.8 Å². The van der Waals surface area contributed by atoms with E-state index in [-0.39, 0.29) is 6.10 Å². The highest BCUT2D eigenvalue weighted by atomic mass is 31.2. The third-order valence-corrected chi connectivity index (χ3v) is 8.00. The van der Waals surface area contributed by atoms with Crippen molar-refractivity contribution in [1.82, 2.24) is 0 Å². The SMILES string of the molecule is CCC(CC)(c1cc(OC)cc(OC)c1)P(=O)(O)OC1CCCCC1. The maximum absolute atomic E-state index is 13.4. The average Bonchev–Trinajstić information content (AvgIpc) is 2.63. The minimum Gasteiger partial charge on any atom is -0.497 e. The highest BCUT2D eigenvalue weighted by Gasteiger charge is 2.49. The van der Waals surface area contributed by atoms with Crippen LogP contribution in [0.1, 0.15) is 64.4 Å². The van der Waals surface area contributed by atoms with Crippen LogP contribution in [0.3, 0.4) is 0 Å². The van der Waals surface area contributed by atoms with E-state index in [9.17, 15) is 9.46 Å². The summed E-state index contributed by atoms with van der Waals surface area (Å²) in [5.74, 6) is 1.22. The molecule has 0 bridgehead atoms. The number of rotatable bonds is 8. The van der Waals surface area contributed by atoms with Gasteiger partial charge in [0.15, 0.2) is 0 Å². The molecule has 1 aromatic rings. The topological polar surface area (TPSA) is 65.0 Å². The molecule has 1 saturated carbocycles. The van der Waals surface area contributed by atoms with Crippen LogP contribution in [-0.2, 0) is 14.2 Å². The Hall–Kier alpha value is -1.03. The predicted octanol–water partition coefficient (Wildman–Crippen LogP) is 5.25. The first kappa shape index (κ1) is 20.3. The summed E-state index contributed by atoms with van der Waals surface area (Å²) in [6, 6.07) is 5.41. The van der Waals surface area contributed by atoms with Crippen LogP contribution in [0, 0.1) is 0 Å². The van der Waals surface area contributed by atoms with E-state index in [4.69, 9.17) is 14.0 Å². The van der Waals surface area contributed by atoms with Crippen molar-refractivity contribution in [2.45, 2.75) is 70.1 Å². The zero-order valence-electron chi connectivity index (χ0n) is 15.8. The fraction of sp³-hybridized carbons (Fsp3) is 0.684. The zero-order chi connectivity index (χ0) is 18.5. The largest absolute Gasteiger partial charge is 0.497 e. The van der Waals surface area contributed by atoms with Crippen LogP contribution in [0.25, 0.3) is 0 Å². The second-order valence-corrected chi connectivity index (χ2v) is 8.83. The van der Waals surface area contributed by atoms with Crippen LogP contribution in [0.15, 0.2) is 18.2 Å². The lowest BCUT2D eigenvalue weighted by atomic mass is 9.92. The standard InChI is InChI=1S/C19H31O5P/c1-5-19(6-2,15-12-17(22-3)14-18(13-15)23-4)25(20,21)24-16-10-8-7-9-11-16/h12-14,16H,5-11H2,1-4H3,(H,20,21). The Morgan fingerprint density at radius 1 is 1.04 bits per heavy atom. The molecule has 1 fully saturated rings. The second-order valence-electron chi connectivity index (χ2n) is 6.73. The molecule has 0 spiro atoms. The van der Waals surface area contributed by atoms with E-state index in [0.717, 1.165) is 31.2 Å². The molecule has 5 nitrogen and oxygen atoms in total. The van der Waals surface area contributed by atoms with E-state index in [1.807, 2.05) is 26.0 Å². The molecule has 0 radical (unpaired) electrons. The number of methoxy groups -OCH3 is 2. The van der Waals surface area contributed by atoms with Crippen molar-refractivity contribution < 1.29 is 23.5 Å². The van der Waals surface area contributed by atoms with Crippen molar-refractivity contribution in [1.29, 1.82) is 0 Å². The zero-order valence-corrected chi connectivity index (χ0v) is 16.7. The summed E-state index contributed by atoms with van der Waals surface area (Å²) >= 11 is 0. The Balaban J connectivity index is 2.44. The average molecular weight is 370 g/mol. The van der Waals surface area contributed by atoms with Gasteiger partial charge in [-0.1, -0.05) is 33.1 Å². The van der Waals surface area contributed by atoms with E-state index >= 15 is 0 Å². The van der Waals surface area contributed by atoms with Gasteiger partial charge < -0.3 is 18.9 Å². The van der Waals surface area contributed by atoms with Gasteiger partial charge in [0.1, 0.15) is 11.5 Å². The molecule has 6 heteroatoms. The smallest absolute Gasteiger partial charge is 0.338 e. The fourth-order valence-electron chi connectivity index (χ4n) is 3.77. The van der Waals surface area contributed by atoms with Crippen LogP contribution < -0.4 is 9.47 Å². The lowest BCUT2D eigenvalue weighted by Gasteiger charge is -2.38. The van der Waals surface area contributed by atoms with Crippen molar-refractivity contribution in [3.8, 4) is 11.5 Å². The van der Waals surface area contributed by atoms with Crippen molar-refractivity contribution in [3.63, 3.8) is 0 Å². The Bertz CT molecular complexity index is 584. The van der Waals surface area contributed by atoms with Crippen LogP contribution in [0.5, 0.6) is 11.5 Å². The van der Waals surface area contributed by atoms with Crippen LogP contribution in [0.2, 0.25) is 0 Å². The van der Waals surface area contributed by atoms with Gasteiger partial charge in [-0.15, -0.1) is 0 Å². The highest BCUT2D eigenvalue weighted by molar-refractivity contribution is 7.54. The molecule has 1 unspecified atom stereocenters. The molecule has 1 aliphatic rings. The molecular weight excluding hydrogens is 339 g/mol. The fourth-order valence-corrected chi connectivity index (χ4v) is 5.84. The van der Waals surface area contributed by atoms with E-state index < -0.39 is 12.8 Å². The first-order valence-corrected chi connectivity index (χ1v) is 10.7. The second kappa shape index (κ2) is 8.57. The summed E-state index contributed by atoms with van der Waals surface area (Å²) in [7, 11) is -0.739. The van der Waals surface area contributed by atoms with E-state index in [0.29, 0.717) is 24.3 Å². The van der Waals surface area contributed by atoms with Gasteiger partial charge in [-0.05, 0) is 43.4 Å². The monoisotopic (exact) mass is 370 g/mol. The molecule has 0 amide bonds. The molecule has 1 N–H and O–H groups in total. The molecule has 0 aromatic heterocycles. The minimum absolute atomic E-state index is 0.130. The van der Waals surface area contributed by atoms with Crippen LogP contribution in [0.4, 0.5) is 0 Å². The molecule has 142 valence electrons. The summed E-state index contributed by atoms with van der Waals surface area (Å²) in [6.45, 7) is 3.87. The normalized spacial score (nSPS) is 18.6. The highest BCUT2D eigenvalue weighted by Crippen LogP contribution is 2.66. The molecule has 1 aliphatic carbocycles. The van der Waals surface area contributed by atoms with Gasteiger partial charge >= 0.3 is 7.60 Å². The lowest BCUT2D eigenvalue weighted by Crippen LogP contribution is -2.29. The molecule has 1 aromatic carbocycles. The summed E-state index contributed by atoms with van der Waals surface area (Å²) in [5, 5.41) is -0.966.